The van der Waals surface area contributed by atoms with Crippen molar-refractivity contribution in [2.24, 2.45) is 0 Å². The Hall–Kier alpha value is -2.11. The fourth-order valence-electron chi connectivity index (χ4n) is 9.25. The molecule has 0 aromatic carbocycles. The lowest BCUT2D eigenvalue weighted by molar-refractivity contribution is -0.302. The molecular formula is C61H111NO8. The maximum absolute atomic E-state index is 13.1. The molecule has 0 bridgehead atoms. The zero-order valence-electron chi connectivity index (χ0n) is 45.3. The Kier molecular flexibility index (Phi) is 47.5. The van der Waals surface area contributed by atoms with Crippen LogP contribution >= 0.6 is 0 Å². The lowest BCUT2D eigenvalue weighted by Gasteiger charge is -2.40. The quantitative estimate of drug-likeness (QED) is 0.0261. The highest BCUT2D eigenvalue weighted by molar-refractivity contribution is 5.76. The van der Waals surface area contributed by atoms with Crippen LogP contribution in [0, 0.1) is 0 Å². The first kappa shape index (κ1) is 65.9. The Balaban J connectivity index is 2.18. The Morgan fingerprint density at radius 2 is 0.886 bits per heavy atom. The number of hydrogen-bond donors (Lipinski definition) is 6. The summed E-state index contributed by atoms with van der Waals surface area (Å²) in [5.41, 5.74) is 0. The van der Waals surface area contributed by atoms with Crippen LogP contribution in [-0.2, 0) is 14.3 Å². The zero-order chi connectivity index (χ0) is 50.8. The number of allylic oxidation sites excluding steroid dienone is 10. The van der Waals surface area contributed by atoms with Gasteiger partial charge in [-0.2, -0.15) is 0 Å². The number of aliphatic hydroxyl groups excluding tert-OH is 5. The molecule has 9 heteroatoms. The Labute approximate surface area is 430 Å². The van der Waals surface area contributed by atoms with Gasteiger partial charge in [-0.05, 0) is 57.8 Å². The summed E-state index contributed by atoms with van der Waals surface area (Å²) in [6.45, 7) is 3.74. The third-order valence-corrected chi connectivity index (χ3v) is 13.9. The molecule has 408 valence electrons. The predicted molar refractivity (Wildman–Crippen MR) is 295 cm³/mol. The Bertz CT molecular complexity index is 1280. The topological polar surface area (TPSA) is 149 Å². The van der Waals surface area contributed by atoms with Crippen molar-refractivity contribution in [1.29, 1.82) is 0 Å². The van der Waals surface area contributed by atoms with Crippen LogP contribution in [0.15, 0.2) is 60.8 Å². The van der Waals surface area contributed by atoms with Crippen molar-refractivity contribution in [2.75, 3.05) is 13.2 Å². The Morgan fingerprint density at radius 3 is 1.31 bits per heavy atom. The van der Waals surface area contributed by atoms with E-state index in [4.69, 9.17) is 9.47 Å². The molecule has 7 atom stereocenters. The predicted octanol–water partition coefficient (Wildman–Crippen LogP) is 14.7. The molecule has 1 aliphatic rings. The molecule has 0 saturated carbocycles. The first-order chi connectivity index (χ1) is 34.3. The largest absolute Gasteiger partial charge is 0.394 e. The fraction of sp³-hybridized carbons (Fsp3) is 0.820. The van der Waals surface area contributed by atoms with Crippen LogP contribution in [0.3, 0.4) is 0 Å². The number of nitrogens with one attached hydrogen (secondary N) is 1. The molecule has 0 aromatic heterocycles. The smallest absolute Gasteiger partial charge is 0.220 e. The SMILES string of the molecule is CC/C=C\C/C=C\C/C=C\C/C=C\C/C=C\CCCCCCCCCCCCCCCC(=O)NC(COC1OC(CO)C(O)C(O)C1O)C(O)CCCCCCCCCCCCCCCCCCCC. The van der Waals surface area contributed by atoms with Crippen LogP contribution in [0.4, 0.5) is 0 Å². The number of carbonyl (C=O) groups is 1. The van der Waals surface area contributed by atoms with Crippen LogP contribution in [0.1, 0.15) is 264 Å². The van der Waals surface area contributed by atoms with E-state index in [0.717, 1.165) is 70.6 Å². The first-order valence-corrected chi connectivity index (χ1v) is 29.5. The average molecular weight is 987 g/mol. The lowest BCUT2D eigenvalue weighted by Crippen LogP contribution is -2.60. The number of hydrogen-bond acceptors (Lipinski definition) is 8. The highest BCUT2D eigenvalue weighted by Gasteiger charge is 2.44. The molecule has 0 radical (unpaired) electrons. The van der Waals surface area contributed by atoms with Crippen molar-refractivity contribution in [3.63, 3.8) is 0 Å². The molecule has 7 unspecified atom stereocenters. The van der Waals surface area contributed by atoms with Gasteiger partial charge in [-0.25, -0.2) is 0 Å². The fourth-order valence-corrected chi connectivity index (χ4v) is 9.25. The third-order valence-electron chi connectivity index (χ3n) is 13.9. The normalized spacial score (nSPS) is 19.8. The second kappa shape index (κ2) is 50.4. The van der Waals surface area contributed by atoms with Crippen LogP contribution in [-0.4, -0.2) is 87.5 Å². The molecule has 6 N–H and O–H groups in total. The minimum absolute atomic E-state index is 0.138. The van der Waals surface area contributed by atoms with Crippen molar-refractivity contribution in [3.8, 4) is 0 Å². The van der Waals surface area contributed by atoms with Gasteiger partial charge in [0.25, 0.3) is 0 Å². The van der Waals surface area contributed by atoms with E-state index in [1.807, 2.05) is 0 Å². The number of ether oxygens (including phenoxy) is 2. The van der Waals surface area contributed by atoms with Crippen molar-refractivity contribution in [1.82, 2.24) is 5.32 Å². The highest BCUT2D eigenvalue weighted by Crippen LogP contribution is 2.23. The summed E-state index contributed by atoms with van der Waals surface area (Å²) in [6, 6.07) is -0.722. The molecule has 1 amide bonds. The van der Waals surface area contributed by atoms with E-state index in [9.17, 15) is 30.3 Å². The molecule has 0 spiro atoms. The van der Waals surface area contributed by atoms with Gasteiger partial charge < -0.3 is 40.3 Å². The minimum atomic E-state index is -1.56. The molecule has 1 fully saturated rings. The van der Waals surface area contributed by atoms with Gasteiger partial charge in [0.15, 0.2) is 6.29 Å². The molecule has 1 saturated heterocycles. The minimum Gasteiger partial charge on any atom is -0.394 e. The Morgan fingerprint density at radius 1 is 0.500 bits per heavy atom. The van der Waals surface area contributed by atoms with Crippen molar-refractivity contribution in [3.05, 3.63) is 60.8 Å². The monoisotopic (exact) mass is 986 g/mol. The highest BCUT2D eigenvalue weighted by atomic mass is 16.7. The number of aliphatic hydroxyl groups is 5. The molecule has 0 aromatic rings. The van der Waals surface area contributed by atoms with Gasteiger partial charge in [0.1, 0.15) is 24.4 Å². The van der Waals surface area contributed by atoms with E-state index in [0.29, 0.717) is 12.8 Å². The number of rotatable bonds is 50. The molecule has 70 heavy (non-hydrogen) atoms. The number of amides is 1. The summed E-state index contributed by atoms with van der Waals surface area (Å²) in [6.07, 6.45) is 61.0. The van der Waals surface area contributed by atoms with Crippen LogP contribution in [0.25, 0.3) is 0 Å². The van der Waals surface area contributed by atoms with Gasteiger partial charge in [0.05, 0.1) is 25.4 Å². The van der Waals surface area contributed by atoms with E-state index in [2.05, 4.69) is 79.9 Å². The lowest BCUT2D eigenvalue weighted by atomic mass is 9.99. The molecule has 1 heterocycles. The average Bonchev–Trinajstić information content (AvgIpc) is 3.36. The van der Waals surface area contributed by atoms with E-state index < -0.39 is 49.5 Å². The molecular weight excluding hydrogens is 875 g/mol. The molecule has 0 aliphatic carbocycles. The summed E-state index contributed by atoms with van der Waals surface area (Å²) >= 11 is 0. The number of unbranched alkanes of at least 4 members (excludes halogenated alkanes) is 30. The van der Waals surface area contributed by atoms with Gasteiger partial charge in [0.2, 0.25) is 5.91 Å². The van der Waals surface area contributed by atoms with Gasteiger partial charge in [-0.15, -0.1) is 0 Å². The van der Waals surface area contributed by atoms with Gasteiger partial charge in [0, 0.05) is 6.42 Å². The van der Waals surface area contributed by atoms with Crippen molar-refractivity contribution in [2.45, 2.75) is 307 Å². The van der Waals surface area contributed by atoms with E-state index >= 15 is 0 Å². The van der Waals surface area contributed by atoms with Crippen molar-refractivity contribution < 1.29 is 39.8 Å². The second-order valence-corrected chi connectivity index (χ2v) is 20.4. The van der Waals surface area contributed by atoms with E-state index in [1.54, 1.807) is 0 Å². The summed E-state index contributed by atoms with van der Waals surface area (Å²) in [5, 5.41) is 54.7. The number of carbonyl (C=O) groups excluding carboxylic acids is 1. The molecule has 1 rings (SSSR count). The summed E-state index contributed by atoms with van der Waals surface area (Å²) in [5.74, 6) is -0.145. The third kappa shape index (κ3) is 39.4. The van der Waals surface area contributed by atoms with E-state index in [1.165, 1.54) is 167 Å². The van der Waals surface area contributed by atoms with Crippen LogP contribution in [0.2, 0.25) is 0 Å². The van der Waals surface area contributed by atoms with Crippen LogP contribution < -0.4 is 5.32 Å². The summed E-state index contributed by atoms with van der Waals surface area (Å²) in [4.78, 5) is 13.1. The maximum Gasteiger partial charge on any atom is 0.220 e. The van der Waals surface area contributed by atoms with Gasteiger partial charge in [-0.1, -0.05) is 261 Å². The van der Waals surface area contributed by atoms with Gasteiger partial charge >= 0.3 is 0 Å². The van der Waals surface area contributed by atoms with Crippen molar-refractivity contribution >= 4 is 5.91 Å². The zero-order valence-corrected chi connectivity index (χ0v) is 45.3. The van der Waals surface area contributed by atoms with E-state index in [-0.39, 0.29) is 12.5 Å². The second-order valence-electron chi connectivity index (χ2n) is 20.4. The standard InChI is InChI=1S/C61H111NO8/c1-3-5-7-9-11-13-15-17-19-21-23-24-25-26-27-28-29-30-31-32-33-35-37-39-41-43-45-47-49-51-57(65)62-54(53-69-61-60(68)59(67)58(66)56(52-63)70-61)55(64)50-48-46-44-42-40-38-36-34-22-20-18-16-14-12-10-8-6-4-2/h5,7,11,13,17,19,23-24,26-27,54-56,58-61,63-64,66-68H,3-4,6,8-10,12,14-16,18,20-22,25,28-53H2,1-2H3,(H,62,65)/b7-5-,13-11-,19-17-,24-23-,27-26-. The summed E-state index contributed by atoms with van der Waals surface area (Å²) < 4.78 is 11.3. The van der Waals surface area contributed by atoms with Gasteiger partial charge in [-0.3, -0.25) is 4.79 Å². The molecule has 1 aliphatic heterocycles. The maximum atomic E-state index is 13.1. The summed E-state index contributed by atoms with van der Waals surface area (Å²) in [7, 11) is 0. The first-order valence-electron chi connectivity index (χ1n) is 29.5. The van der Waals surface area contributed by atoms with Crippen LogP contribution in [0.5, 0.6) is 0 Å². The molecule has 9 nitrogen and oxygen atoms in total.